The lowest BCUT2D eigenvalue weighted by Crippen LogP contribution is -2.53. The summed E-state index contributed by atoms with van der Waals surface area (Å²) in [5, 5.41) is 0. The van der Waals surface area contributed by atoms with Crippen molar-refractivity contribution in [3.63, 3.8) is 0 Å². The molecule has 124 valence electrons. The summed E-state index contributed by atoms with van der Waals surface area (Å²) in [5.41, 5.74) is 8.74. The zero-order valence-corrected chi connectivity index (χ0v) is 14.2. The summed E-state index contributed by atoms with van der Waals surface area (Å²) >= 11 is 0. The van der Waals surface area contributed by atoms with Gasteiger partial charge in [0.2, 0.25) is 0 Å². The van der Waals surface area contributed by atoms with Crippen LogP contribution in [0, 0.1) is 0 Å². The zero-order valence-electron chi connectivity index (χ0n) is 13.4. The van der Waals surface area contributed by atoms with Crippen LogP contribution in [0.25, 0.3) is 0 Å². The summed E-state index contributed by atoms with van der Waals surface area (Å²) in [5.74, 6) is 0. The van der Waals surface area contributed by atoms with Crippen molar-refractivity contribution in [2.45, 2.75) is 25.0 Å². The van der Waals surface area contributed by atoms with E-state index in [1.807, 2.05) is 0 Å². The Hall–Kier alpha value is -1.39. The molecular weight excluding hydrogens is 308 g/mol. The Kier molecular flexibility index (Phi) is 6.60. The minimum absolute atomic E-state index is 0. The fourth-order valence-corrected chi connectivity index (χ4v) is 3.13. The van der Waals surface area contributed by atoms with Gasteiger partial charge in [0, 0.05) is 26.2 Å². The van der Waals surface area contributed by atoms with E-state index in [-0.39, 0.29) is 17.9 Å². The van der Waals surface area contributed by atoms with Crippen molar-refractivity contribution < 1.29 is 4.74 Å². The molecular formula is C19H25ClN2O. The molecule has 4 heteroatoms. The van der Waals surface area contributed by atoms with Crippen molar-refractivity contribution in [2.24, 2.45) is 5.73 Å². The number of nitrogens with two attached hydrogens (primary N) is 1. The SMILES string of the molecule is Cl.NCC1(N(Cc2ccccc2)Cc2ccccc2)CCOC1. The first kappa shape index (κ1) is 18.0. The van der Waals surface area contributed by atoms with Crippen LogP contribution in [0.15, 0.2) is 60.7 Å². The van der Waals surface area contributed by atoms with E-state index in [1.54, 1.807) is 0 Å². The van der Waals surface area contributed by atoms with Gasteiger partial charge < -0.3 is 10.5 Å². The molecule has 0 aliphatic carbocycles. The first-order valence-corrected chi connectivity index (χ1v) is 7.93. The average Bonchev–Trinajstić information content (AvgIpc) is 3.06. The van der Waals surface area contributed by atoms with Crippen LogP contribution in [0.3, 0.4) is 0 Å². The Morgan fingerprint density at radius 1 is 0.913 bits per heavy atom. The van der Waals surface area contributed by atoms with E-state index >= 15 is 0 Å². The number of hydrogen-bond acceptors (Lipinski definition) is 3. The molecule has 1 aliphatic heterocycles. The van der Waals surface area contributed by atoms with E-state index in [9.17, 15) is 0 Å². The molecule has 0 radical (unpaired) electrons. The van der Waals surface area contributed by atoms with E-state index in [0.717, 1.165) is 32.7 Å². The van der Waals surface area contributed by atoms with Crippen LogP contribution in [0.5, 0.6) is 0 Å². The summed E-state index contributed by atoms with van der Waals surface area (Å²) in [4.78, 5) is 2.49. The van der Waals surface area contributed by atoms with Crippen molar-refractivity contribution in [3.8, 4) is 0 Å². The summed E-state index contributed by atoms with van der Waals surface area (Å²) < 4.78 is 5.69. The first-order chi connectivity index (χ1) is 10.8. The smallest absolute Gasteiger partial charge is 0.0663 e. The molecule has 0 saturated carbocycles. The minimum Gasteiger partial charge on any atom is -0.379 e. The molecule has 0 amide bonds. The largest absolute Gasteiger partial charge is 0.379 e. The van der Waals surface area contributed by atoms with Crippen LogP contribution in [0.4, 0.5) is 0 Å². The van der Waals surface area contributed by atoms with Crippen LogP contribution in [0.2, 0.25) is 0 Å². The number of ether oxygens (including phenoxy) is 1. The normalized spacial score (nSPS) is 20.4. The second-order valence-electron chi connectivity index (χ2n) is 6.06. The van der Waals surface area contributed by atoms with Gasteiger partial charge in [-0.1, -0.05) is 60.7 Å². The third kappa shape index (κ3) is 4.33. The Morgan fingerprint density at radius 3 is 1.83 bits per heavy atom. The lowest BCUT2D eigenvalue weighted by Gasteiger charge is -2.39. The fraction of sp³-hybridized carbons (Fsp3) is 0.368. The van der Waals surface area contributed by atoms with Crippen LogP contribution in [0.1, 0.15) is 17.5 Å². The maximum absolute atomic E-state index is 6.16. The standard InChI is InChI=1S/C19H24N2O.ClH/c20-15-19(11-12-22-16-19)21(13-17-7-3-1-4-8-17)14-18-9-5-2-6-10-18;/h1-10H,11-16,20H2;1H. The van der Waals surface area contributed by atoms with Crippen molar-refractivity contribution in [2.75, 3.05) is 19.8 Å². The molecule has 1 aliphatic rings. The summed E-state index contributed by atoms with van der Waals surface area (Å²) in [6.45, 7) is 3.96. The number of halogens is 1. The van der Waals surface area contributed by atoms with Crippen molar-refractivity contribution in [1.82, 2.24) is 4.90 Å². The number of benzene rings is 2. The summed E-state index contributed by atoms with van der Waals surface area (Å²) in [6, 6.07) is 21.2. The van der Waals surface area contributed by atoms with E-state index in [2.05, 4.69) is 65.6 Å². The molecule has 3 rings (SSSR count). The molecule has 1 saturated heterocycles. The highest BCUT2D eigenvalue weighted by atomic mass is 35.5. The average molecular weight is 333 g/mol. The second kappa shape index (κ2) is 8.46. The topological polar surface area (TPSA) is 38.5 Å². The third-order valence-electron chi connectivity index (χ3n) is 4.57. The number of hydrogen-bond donors (Lipinski definition) is 1. The lowest BCUT2D eigenvalue weighted by atomic mass is 9.94. The van der Waals surface area contributed by atoms with Crippen LogP contribution in [-0.4, -0.2) is 30.2 Å². The third-order valence-corrected chi connectivity index (χ3v) is 4.57. The molecule has 0 spiro atoms. The van der Waals surface area contributed by atoms with E-state index in [4.69, 9.17) is 10.5 Å². The van der Waals surface area contributed by atoms with Crippen LogP contribution < -0.4 is 5.73 Å². The molecule has 0 aromatic heterocycles. The van der Waals surface area contributed by atoms with E-state index < -0.39 is 0 Å². The Balaban J connectivity index is 0.00000192. The summed E-state index contributed by atoms with van der Waals surface area (Å²) in [6.07, 6.45) is 1.00. The van der Waals surface area contributed by atoms with Gasteiger partial charge in [-0.2, -0.15) is 0 Å². The molecule has 1 heterocycles. The molecule has 1 fully saturated rings. The highest BCUT2D eigenvalue weighted by Crippen LogP contribution is 2.29. The van der Waals surface area contributed by atoms with Gasteiger partial charge in [-0.25, -0.2) is 0 Å². The lowest BCUT2D eigenvalue weighted by molar-refractivity contribution is 0.0584. The predicted molar refractivity (Wildman–Crippen MR) is 96.6 cm³/mol. The van der Waals surface area contributed by atoms with Gasteiger partial charge in [-0.15, -0.1) is 12.4 Å². The predicted octanol–water partition coefficient (Wildman–Crippen LogP) is 3.23. The molecule has 2 aromatic rings. The van der Waals surface area contributed by atoms with E-state index in [0.29, 0.717) is 6.54 Å². The van der Waals surface area contributed by atoms with E-state index in [1.165, 1.54) is 11.1 Å². The van der Waals surface area contributed by atoms with Crippen LogP contribution in [-0.2, 0) is 17.8 Å². The Labute approximate surface area is 144 Å². The minimum atomic E-state index is -0.0499. The van der Waals surface area contributed by atoms with Gasteiger partial charge in [-0.05, 0) is 17.5 Å². The summed E-state index contributed by atoms with van der Waals surface area (Å²) in [7, 11) is 0. The van der Waals surface area contributed by atoms with Crippen molar-refractivity contribution >= 4 is 12.4 Å². The van der Waals surface area contributed by atoms with Gasteiger partial charge in [0.1, 0.15) is 0 Å². The van der Waals surface area contributed by atoms with Crippen molar-refractivity contribution in [1.29, 1.82) is 0 Å². The maximum atomic E-state index is 6.16. The molecule has 2 N–H and O–H groups in total. The molecule has 23 heavy (non-hydrogen) atoms. The number of rotatable bonds is 6. The monoisotopic (exact) mass is 332 g/mol. The van der Waals surface area contributed by atoms with Gasteiger partial charge in [0.15, 0.2) is 0 Å². The van der Waals surface area contributed by atoms with Gasteiger partial charge in [-0.3, -0.25) is 4.90 Å². The van der Waals surface area contributed by atoms with Gasteiger partial charge >= 0.3 is 0 Å². The van der Waals surface area contributed by atoms with Gasteiger partial charge in [0.05, 0.1) is 12.1 Å². The number of nitrogens with zero attached hydrogens (tertiary/aromatic N) is 1. The highest BCUT2D eigenvalue weighted by molar-refractivity contribution is 5.85. The highest BCUT2D eigenvalue weighted by Gasteiger charge is 2.39. The molecule has 2 aromatic carbocycles. The zero-order chi connectivity index (χ0) is 15.3. The molecule has 1 unspecified atom stereocenters. The molecule has 3 nitrogen and oxygen atoms in total. The molecule has 0 bridgehead atoms. The second-order valence-corrected chi connectivity index (χ2v) is 6.06. The quantitative estimate of drug-likeness (QED) is 0.882. The Morgan fingerprint density at radius 2 is 1.43 bits per heavy atom. The first-order valence-electron chi connectivity index (χ1n) is 7.93. The Bertz CT molecular complexity index is 529. The van der Waals surface area contributed by atoms with Crippen molar-refractivity contribution in [3.05, 3.63) is 71.8 Å². The van der Waals surface area contributed by atoms with Gasteiger partial charge in [0.25, 0.3) is 0 Å². The fourth-order valence-electron chi connectivity index (χ4n) is 3.13. The molecule has 1 atom stereocenters. The van der Waals surface area contributed by atoms with Crippen LogP contribution >= 0.6 is 12.4 Å². The maximum Gasteiger partial charge on any atom is 0.0663 e.